The van der Waals surface area contributed by atoms with Gasteiger partial charge in [-0.1, -0.05) is 0 Å². The zero-order chi connectivity index (χ0) is 11.0. The van der Waals surface area contributed by atoms with Crippen LogP contribution in [0.15, 0.2) is 0 Å². The van der Waals surface area contributed by atoms with E-state index in [1.54, 1.807) is 0 Å². The van der Waals surface area contributed by atoms with Gasteiger partial charge in [0.25, 0.3) is 0 Å². The highest BCUT2D eigenvalue weighted by Gasteiger charge is 2.40. The topological polar surface area (TPSA) is 54.5 Å². The number of carbonyl (C=O) groups excluding carboxylic acids is 1. The van der Waals surface area contributed by atoms with Crippen LogP contribution < -0.4 is 0 Å². The second-order valence-electron chi connectivity index (χ2n) is 2.99. The van der Waals surface area contributed by atoms with Crippen LogP contribution in [0.1, 0.15) is 6.42 Å². The van der Waals surface area contributed by atoms with Gasteiger partial charge in [0.2, 0.25) is 10.0 Å². The van der Waals surface area contributed by atoms with Crippen molar-refractivity contribution in [3.05, 3.63) is 0 Å². The number of halogens is 3. The van der Waals surface area contributed by atoms with E-state index in [0.29, 0.717) is 4.31 Å². The molecule has 8 heteroatoms. The van der Waals surface area contributed by atoms with Gasteiger partial charge in [0.15, 0.2) is 5.75 Å². The number of hydrogen-bond donors (Lipinski definition) is 0. The summed E-state index contributed by atoms with van der Waals surface area (Å²) in [6.45, 7) is -0.574. The fourth-order valence-corrected chi connectivity index (χ4v) is 2.45. The molecule has 0 unspecified atom stereocenters. The van der Waals surface area contributed by atoms with Crippen LogP contribution in [0.5, 0.6) is 0 Å². The molecule has 0 bridgehead atoms. The number of nitrogens with zero attached hydrogens (tertiary/aromatic N) is 1. The second kappa shape index (κ2) is 3.50. The average molecular weight is 231 g/mol. The molecule has 0 amide bonds. The molecule has 1 saturated heterocycles. The first kappa shape index (κ1) is 11.4. The third-order valence-electron chi connectivity index (χ3n) is 1.73. The van der Waals surface area contributed by atoms with Crippen LogP contribution in [0.3, 0.4) is 0 Å². The molecule has 0 atom stereocenters. The monoisotopic (exact) mass is 231 g/mol. The molecule has 0 aromatic rings. The molecule has 0 N–H and O–H groups in total. The molecule has 0 aliphatic carbocycles. The van der Waals surface area contributed by atoms with Gasteiger partial charge in [-0.05, 0) is 0 Å². The number of alkyl halides is 3. The summed E-state index contributed by atoms with van der Waals surface area (Å²) in [5, 5.41) is 0. The predicted octanol–water partition coefficient (Wildman–Crippen LogP) is 0.153. The van der Waals surface area contributed by atoms with Gasteiger partial charge >= 0.3 is 6.18 Å². The zero-order valence-electron chi connectivity index (χ0n) is 7.04. The van der Waals surface area contributed by atoms with Gasteiger partial charge in [0.1, 0.15) is 5.78 Å². The first-order chi connectivity index (χ1) is 6.21. The molecule has 0 saturated carbocycles. The van der Waals surface area contributed by atoms with Gasteiger partial charge in [0.05, 0.1) is 6.54 Å². The molecule has 0 spiro atoms. The Bertz CT molecular complexity index is 335. The minimum absolute atomic E-state index is 0.00289. The van der Waals surface area contributed by atoms with Gasteiger partial charge in [-0.3, -0.25) is 4.79 Å². The third-order valence-corrected chi connectivity index (χ3v) is 3.52. The second-order valence-corrected chi connectivity index (χ2v) is 4.96. The highest BCUT2D eigenvalue weighted by molar-refractivity contribution is 7.89. The summed E-state index contributed by atoms with van der Waals surface area (Å²) in [5.41, 5.74) is 0. The average Bonchev–Trinajstić information content (AvgIpc) is 2.29. The van der Waals surface area contributed by atoms with Crippen molar-refractivity contribution in [2.45, 2.75) is 12.6 Å². The molecule has 4 nitrogen and oxygen atoms in total. The molecule has 1 heterocycles. The first-order valence-corrected chi connectivity index (χ1v) is 5.38. The number of Topliss-reactive ketones (excluding diaryl/α,β-unsaturated/α-hetero) is 1. The van der Waals surface area contributed by atoms with E-state index in [9.17, 15) is 26.4 Å². The molecule has 82 valence electrons. The highest BCUT2D eigenvalue weighted by atomic mass is 32.2. The van der Waals surface area contributed by atoms with Gasteiger partial charge < -0.3 is 0 Å². The molecule has 1 fully saturated rings. The smallest absolute Gasteiger partial charge is 0.298 e. The zero-order valence-corrected chi connectivity index (χ0v) is 7.86. The van der Waals surface area contributed by atoms with E-state index in [-0.39, 0.29) is 18.7 Å². The van der Waals surface area contributed by atoms with Crippen LogP contribution in [-0.4, -0.2) is 43.5 Å². The lowest BCUT2D eigenvalue weighted by Gasteiger charge is -2.15. The quantitative estimate of drug-likeness (QED) is 0.680. The van der Waals surface area contributed by atoms with Crippen LogP contribution in [0.25, 0.3) is 0 Å². The molecule has 0 aromatic heterocycles. The number of sulfonamides is 1. The van der Waals surface area contributed by atoms with Gasteiger partial charge in [-0.2, -0.15) is 17.5 Å². The van der Waals surface area contributed by atoms with Crippen molar-refractivity contribution in [1.29, 1.82) is 0 Å². The normalized spacial score (nSPS) is 20.4. The molecule has 1 aliphatic heterocycles. The number of carbonyl (C=O) groups is 1. The minimum Gasteiger partial charge on any atom is -0.298 e. The lowest BCUT2D eigenvalue weighted by atomic mass is 10.4. The third kappa shape index (κ3) is 2.95. The summed E-state index contributed by atoms with van der Waals surface area (Å²) in [6.07, 6.45) is -4.76. The van der Waals surface area contributed by atoms with E-state index < -0.39 is 28.5 Å². The van der Waals surface area contributed by atoms with Crippen LogP contribution in [0.2, 0.25) is 0 Å². The lowest BCUT2D eigenvalue weighted by molar-refractivity contribution is -0.117. The van der Waals surface area contributed by atoms with Crippen molar-refractivity contribution in [3.8, 4) is 0 Å². The van der Waals surface area contributed by atoms with Crippen molar-refractivity contribution >= 4 is 15.8 Å². The largest absolute Gasteiger partial charge is 0.404 e. The van der Waals surface area contributed by atoms with Gasteiger partial charge in [-0.15, -0.1) is 0 Å². The van der Waals surface area contributed by atoms with E-state index in [0.717, 1.165) is 0 Å². The van der Waals surface area contributed by atoms with Crippen LogP contribution in [0.4, 0.5) is 13.2 Å². The molecule has 1 rings (SSSR count). The van der Waals surface area contributed by atoms with E-state index >= 15 is 0 Å². The summed E-state index contributed by atoms with van der Waals surface area (Å²) in [6, 6.07) is 0. The Morgan fingerprint density at radius 1 is 1.36 bits per heavy atom. The van der Waals surface area contributed by atoms with E-state index in [2.05, 4.69) is 0 Å². The van der Waals surface area contributed by atoms with Crippen LogP contribution in [0, 0.1) is 0 Å². The summed E-state index contributed by atoms with van der Waals surface area (Å²) in [5.74, 6) is -2.25. The van der Waals surface area contributed by atoms with E-state index in [4.69, 9.17) is 0 Å². The molecular weight excluding hydrogens is 223 g/mol. The van der Waals surface area contributed by atoms with Crippen molar-refractivity contribution in [1.82, 2.24) is 4.31 Å². The van der Waals surface area contributed by atoms with Crippen LogP contribution >= 0.6 is 0 Å². The highest BCUT2D eigenvalue weighted by Crippen LogP contribution is 2.21. The maximum absolute atomic E-state index is 11.8. The van der Waals surface area contributed by atoms with Crippen LogP contribution in [-0.2, 0) is 14.8 Å². The van der Waals surface area contributed by atoms with Crippen molar-refractivity contribution in [3.63, 3.8) is 0 Å². The SMILES string of the molecule is O=C1CCN(S(=O)(=O)CC(F)(F)F)C1. The summed E-state index contributed by atoms with van der Waals surface area (Å²) in [4.78, 5) is 10.7. The standard InChI is InChI=1S/C6H8F3NO3S/c7-6(8,9)4-14(12,13)10-2-1-5(11)3-10/h1-4H2. The predicted molar refractivity (Wildman–Crippen MR) is 41.0 cm³/mol. The van der Waals surface area contributed by atoms with Gasteiger partial charge in [-0.25, -0.2) is 8.42 Å². The van der Waals surface area contributed by atoms with Crippen molar-refractivity contribution in [2.24, 2.45) is 0 Å². The van der Waals surface area contributed by atoms with Crippen molar-refractivity contribution in [2.75, 3.05) is 18.8 Å². The Kier molecular flexibility index (Phi) is 2.86. The Labute approximate surface area is 78.7 Å². The lowest BCUT2D eigenvalue weighted by Crippen LogP contribution is -2.36. The summed E-state index contributed by atoms with van der Waals surface area (Å²) < 4.78 is 58.1. The number of ketones is 1. The molecular formula is C6H8F3NO3S. The van der Waals surface area contributed by atoms with Crippen molar-refractivity contribution < 1.29 is 26.4 Å². The van der Waals surface area contributed by atoms with E-state index in [1.165, 1.54) is 0 Å². The Hall–Kier alpha value is -0.630. The number of hydrogen-bond acceptors (Lipinski definition) is 3. The fourth-order valence-electron chi connectivity index (χ4n) is 1.14. The number of rotatable bonds is 2. The molecule has 14 heavy (non-hydrogen) atoms. The van der Waals surface area contributed by atoms with E-state index in [1.807, 2.05) is 0 Å². The molecule has 0 radical (unpaired) electrons. The Balaban J connectivity index is 2.72. The molecule has 1 aliphatic rings. The first-order valence-electron chi connectivity index (χ1n) is 3.77. The van der Waals surface area contributed by atoms with Gasteiger partial charge in [0, 0.05) is 13.0 Å². The maximum Gasteiger partial charge on any atom is 0.404 e. The summed E-state index contributed by atoms with van der Waals surface area (Å²) >= 11 is 0. The summed E-state index contributed by atoms with van der Waals surface area (Å²) in [7, 11) is -4.36. The Morgan fingerprint density at radius 3 is 2.29 bits per heavy atom. The fraction of sp³-hybridized carbons (Fsp3) is 0.833. The molecule has 0 aromatic carbocycles. The minimum atomic E-state index is -4.76. The Morgan fingerprint density at radius 2 is 1.93 bits per heavy atom. The maximum atomic E-state index is 11.8.